The number of aromatic hydroxyl groups is 1. The zero-order chi connectivity index (χ0) is 17.7. The standard InChI is InChI=1S/C20H15N5O/c21-19-15-9-11(5-6-16(15)24-25-19)12-7-8-22-20-14(12)10-17(23-20)13-3-1-2-4-18(13)26/h1-10,26H,(H,22,23)(H3,21,24,25). The summed E-state index contributed by atoms with van der Waals surface area (Å²) in [6, 6.07) is 17.2. The number of benzene rings is 2. The van der Waals surface area contributed by atoms with Crippen molar-refractivity contribution < 1.29 is 5.11 Å². The average Bonchev–Trinajstić information content (AvgIpc) is 3.25. The van der Waals surface area contributed by atoms with Crippen molar-refractivity contribution in [3.8, 4) is 28.1 Å². The molecule has 3 aromatic heterocycles. The molecule has 0 atom stereocenters. The van der Waals surface area contributed by atoms with E-state index < -0.39 is 0 Å². The molecule has 5 N–H and O–H groups in total. The van der Waals surface area contributed by atoms with Gasteiger partial charge in [-0.05, 0) is 47.5 Å². The maximum Gasteiger partial charge on any atom is 0.153 e. The van der Waals surface area contributed by atoms with Gasteiger partial charge in [0.2, 0.25) is 0 Å². The molecule has 26 heavy (non-hydrogen) atoms. The smallest absolute Gasteiger partial charge is 0.153 e. The summed E-state index contributed by atoms with van der Waals surface area (Å²) in [7, 11) is 0. The van der Waals surface area contributed by atoms with E-state index in [9.17, 15) is 5.11 Å². The van der Waals surface area contributed by atoms with Crippen molar-refractivity contribution in [1.29, 1.82) is 0 Å². The summed E-state index contributed by atoms with van der Waals surface area (Å²) in [5, 5.41) is 19.0. The SMILES string of the molecule is Nc1n[nH]c2ccc(-c3ccnc4[nH]c(-c5ccccc5O)cc34)cc12. The van der Waals surface area contributed by atoms with E-state index >= 15 is 0 Å². The number of nitrogen functional groups attached to an aromatic ring is 1. The number of nitrogens with one attached hydrogen (secondary N) is 2. The molecule has 0 saturated heterocycles. The number of pyridine rings is 1. The van der Waals surface area contributed by atoms with Crippen molar-refractivity contribution in [3.05, 3.63) is 60.8 Å². The average molecular weight is 341 g/mol. The van der Waals surface area contributed by atoms with E-state index in [0.717, 1.165) is 44.3 Å². The molecule has 5 rings (SSSR count). The molecule has 0 aliphatic rings. The second-order valence-electron chi connectivity index (χ2n) is 6.19. The fourth-order valence-corrected chi connectivity index (χ4v) is 3.33. The summed E-state index contributed by atoms with van der Waals surface area (Å²) in [6.07, 6.45) is 1.77. The number of phenolic OH excluding ortho intramolecular Hbond substituents is 1. The Kier molecular flexibility index (Phi) is 2.99. The second-order valence-corrected chi connectivity index (χ2v) is 6.19. The number of nitrogens with zero attached hydrogens (tertiary/aromatic N) is 2. The fourth-order valence-electron chi connectivity index (χ4n) is 3.33. The van der Waals surface area contributed by atoms with E-state index in [1.807, 2.05) is 42.5 Å². The molecule has 3 heterocycles. The van der Waals surface area contributed by atoms with Crippen LogP contribution in [0, 0.1) is 0 Å². The summed E-state index contributed by atoms with van der Waals surface area (Å²) < 4.78 is 0. The first-order valence-electron chi connectivity index (χ1n) is 8.21. The number of hydrogen-bond acceptors (Lipinski definition) is 4. The zero-order valence-electron chi connectivity index (χ0n) is 13.7. The van der Waals surface area contributed by atoms with E-state index in [1.54, 1.807) is 18.3 Å². The van der Waals surface area contributed by atoms with E-state index in [2.05, 4.69) is 20.2 Å². The second kappa shape index (κ2) is 5.35. The quantitative estimate of drug-likeness (QED) is 0.389. The molecule has 126 valence electrons. The number of hydrogen-bond donors (Lipinski definition) is 4. The van der Waals surface area contributed by atoms with Crippen LogP contribution in [-0.2, 0) is 0 Å². The van der Waals surface area contributed by atoms with Gasteiger partial charge in [0.05, 0.1) is 11.2 Å². The van der Waals surface area contributed by atoms with E-state index in [1.165, 1.54) is 0 Å². The Morgan fingerprint density at radius 3 is 2.69 bits per heavy atom. The number of nitrogens with two attached hydrogens (primary N) is 1. The predicted molar refractivity (Wildman–Crippen MR) is 103 cm³/mol. The number of fused-ring (bicyclic) bond motifs is 2. The molecule has 0 aliphatic carbocycles. The molecule has 6 heteroatoms. The highest BCUT2D eigenvalue weighted by Gasteiger charge is 2.13. The van der Waals surface area contributed by atoms with Crippen LogP contribution in [0.4, 0.5) is 5.82 Å². The van der Waals surface area contributed by atoms with Crippen LogP contribution in [-0.4, -0.2) is 25.3 Å². The zero-order valence-corrected chi connectivity index (χ0v) is 13.7. The van der Waals surface area contributed by atoms with Crippen molar-refractivity contribution >= 4 is 27.8 Å². The molecule has 0 amide bonds. The Morgan fingerprint density at radius 1 is 0.923 bits per heavy atom. The molecule has 6 nitrogen and oxygen atoms in total. The minimum atomic E-state index is 0.230. The van der Waals surface area contributed by atoms with Crippen LogP contribution in [0.25, 0.3) is 44.3 Å². The van der Waals surface area contributed by atoms with Gasteiger partial charge in [-0.2, -0.15) is 5.10 Å². The third-order valence-corrected chi connectivity index (χ3v) is 4.63. The molecule has 0 aliphatic heterocycles. The topological polar surface area (TPSA) is 104 Å². The monoisotopic (exact) mass is 341 g/mol. The van der Waals surface area contributed by atoms with Crippen LogP contribution in [0.3, 0.4) is 0 Å². The van der Waals surface area contributed by atoms with Gasteiger partial charge in [-0.15, -0.1) is 0 Å². The van der Waals surface area contributed by atoms with Gasteiger partial charge in [0.25, 0.3) is 0 Å². The lowest BCUT2D eigenvalue weighted by atomic mass is 10.0. The van der Waals surface area contributed by atoms with Gasteiger partial charge >= 0.3 is 0 Å². The third kappa shape index (κ3) is 2.12. The Morgan fingerprint density at radius 2 is 1.81 bits per heavy atom. The Labute approximate surface area is 148 Å². The minimum Gasteiger partial charge on any atom is -0.507 e. The number of aromatic nitrogens is 4. The first-order chi connectivity index (χ1) is 12.7. The highest BCUT2D eigenvalue weighted by atomic mass is 16.3. The number of phenols is 1. The highest BCUT2D eigenvalue weighted by Crippen LogP contribution is 2.35. The molecule has 0 fully saturated rings. The van der Waals surface area contributed by atoms with Gasteiger partial charge in [0.1, 0.15) is 11.4 Å². The summed E-state index contributed by atoms with van der Waals surface area (Å²) in [4.78, 5) is 7.72. The Bertz CT molecular complexity index is 1270. The predicted octanol–water partition coefficient (Wildman–Crippen LogP) is 4.06. The normalized spacial score (nSPS) is 11.4. The lowest BCUT2D eigenvalue weighted by molar-refractivity contribution is 0.477. The molecule has 0 radical (unpaired) electrons. The molecular weight excluding hydrogens is 326 g/mol. The molecule has 0 saturated carbocycles. The molecule has 5 aromatic rings. The molecule has 0 spiro atoms. The van der Waals surface area contributed by atoms with Gasteiger partial charge in [-0.3, -0.25) is 5.10 Å². The van der Waals surface area contributed by atoms with Crippen LogP contribution >= 0.6 is 0 Å². The van der Waals surface area contributed by atoms with Crippen LogP contribution in [0.5, 0.6) is 5.75 Å². The van der Waals surface area contributed by atoms with Crippen LogP contribution in [0.2, 0.25) is 0 Å². The molecule has 0 unspecified atom stereocenters. The van der Waals surface area contributed by atoms with Crippen molar-refractivity contribution in [2.24, 2.45) is 0 Å². The first kappa shape index (κ1) is 14.5. The summed E-state index contributed by atoms with van der Waals surface area (Å²) >= 11 is 0. The van der Waals surface area contributed by atoms with E-state index in [-0.39, 0.29) is 5.75 Å². The third-order valence-electron chi connectivity index (χ3n) is 4.63. The highest BCUT2D eigenvalue weighted by molar-refractivity contribution is 6.00. The fraction of sp³-hybridized carbons (Fsp3) is 0. The number of aromatic amines is 2. The first-order valence-corrected chi connectivity index (χ1v) is 8.21. The Hall–Kier alpha value is -3.80. The van der Waals surface area contributed by atoms with E-state index in [4.69, 9.17) is 5.73 Å². The lowest BCUT2D eigenvalue weighted by Crippen LogP contribution is -1.85. The number of rotatable bonds is 2. The van der Waals surface area contributed by atoms with Crippen LogP contribution < -0.4 is 5.73 Å². The van der Waals surface area contributed by atoms with Crippen molar-refractivity contribution in [1.82, 2.24) is 20.2 Å². The van der Waals surface area contributed by atoms with Gasteiger partial charge in [0.15, 0.2) is 5.82 Å². The summed E-state index contributed by atoms with van der Waals surface area (Å²) in [5.74, 6) is 0.712. The van der Waals surface area contributed by atoms with Crippen molar-refractivity contribution in [2.75, 3.05) is 5.73 Å². The minimum absolute atomic E-state index is 0.230. The molecule has 0 bridgehead atoms. The number of anilines is 1. The largest absolute Gasteiger partial charge is 0.507 e. The van der Waals surface area contributed by atoms with Gasteiger partial charge < -0.3 is 15.8 Å². The van der Waals surface area contributed by atoms with Gasteiger partial charge in [0, 0.05) is 22.5 Å². The van der Waals surface area contributed by atoms with Crippen LogP contribution in [0.15, 0.2) is 60.8 Å². The molecule has 2 aromatic carbocycles. The van der Waals surface area contributed by atoms with Crippen molar-refractivity contribution in [2.45, 2.75) is 0 Å². The summed E-state index contributed by atoms with van der Waals surface area (Å²) in [5.41, 5.74) is 11.2. The maximum absolute atomic E-state index is 10.1. The number of H-pyrrole nitrogens is 2. The van der Waals surface area contributed by atoms with Crippen molar-refractivity contribution in [3.63, 3.8) is 0 Å². The maximum atomic E-state index is 10.1. The van der Waals surface area contributed by atoms with Gasteiger partial charge in [-0.1, -0.05) is 18.2 Å². The van der Waals surface area contributed by atoms with Crippen LogP contribution in [0.1, 0.15) is 0 Å². The van der Waals surface area contributed by atoms with E-state index in [0.29, 0.717) is 5.82 Å². The Balaban J connectivity index is 1.73. The summed E-state index contributed by atoms with van der Waals surface area (Å²) in [6.45, 7) is 0. The number of para-hydroxylation sites is 1. The van der Waals surface area contributed by atoms with Gasteiger partial charge in [-0.25, -0.2) is 4.98 Å². The molecular formula is C20H15N5O. The lowest BCUT2D eigenvalue weighted by Gasteiger charge is -2.03.